The van der Waals surface area contributed by atoms with E-state index in [1.54, 1.807) is 18.2 Å². The Morgan fingerprint density at radius 2 is 2.04 bits per heavy atom. The minimum Gasteiger partial charge on any atom is -0.353 e. The average molecular weight is 362 g/mol. The molecule has 3 rings (SSSR count). The number of carbonyl (C=O) groups excluding carboxylic acids is 1. The largest absolute Gasteiger partial charge is 0.353 e. The van der Waals surface area contributed by atoms with E-state index in [1.807, 2.05) is 11.5 Å². The van der Waals surface area contributed by atoms with Gasteiger partial charge in [-0.05, 0) is 37.8 Å². The molecule has 0 aliphatic heterocycles. The van der Waals surface area contributed by atoms with Crippen molar-refractivity contribution < 1.29 is 9.18 Å². The normalized spacial score (nSPS) is 15.4. The van der Waals surface area contributed by atoms with Gasteiger partial charge < -0.3 is 5.32 Å². The van der Waals surface area contributed by atoms with Crippen molar-refractivity contribution in [1.29, 1.82) is 0 Å². The summed E-state index contributed by atoms with van der Waals surface area (Å²) in [6.07, 6.45) is 2.06. The van der Waals surface area contributed by atoms with Crippen molar-refractivity contribution in [3.05, 3.63) is 30.1 Å². The third-order valence-corrected chi connectivity index (χ3v) is 5.36. The van der Waals surface area contributed by atoms with Crippen LogP contribution in [0.5, 0.6) is 0 Å². The van der Waals surface area contributed by atoms with E-state index in [1.165, 1.54) is 17.8 Å². The molecule has 1 aromatic heterocycles. The van der Waals surface area contributed by atoms with Gasteiger partial charge in [0, 0.05) is 12.1 Å². The lowest BCUT2D eigenvalue weighted by molar-refractivity contribution is -0.119. The molecule has 0 radical (unpaired) electrons. The van der Waals surface area contributed by atoms with Gasteiger partial charge in [0.15, 0.2) is 11.0 Å². The quantitative estimate of drug-likeness (QED) is 0.764. The first-order valence-corrected chi connectivity index (χ1v) is 9.58. The first-order valence-electron chi connectivity index (χ1n) is 8.59. The fraction of sp³-hybridized carbons (Fsp3) is 0.500. The van der Waals surface area contributed by atoms with Gasteiger partial charge in [0.05, 0.1) is 11.3 Å². The molecule has 0 unspecified atom stereocenters. The molecule has 1 aliphatic rings. The van der Waals surface area contributed by atoms with Crippen LogP contribution >= 0.6 is 11.8 Å². The molecule has 1 aromatic carbocycles. The smallest absolute Gasteiger partial charge is 0.230 e. The standard InChI is InChI=1S/C18H23FN4OS/c1-11(2)12(3)20-16(24)10-25-18-22-21-17(23(18)13-8-9-13)14-6-4-5-7-15(14)19/h4-7,11-13H,8-10H2,1-3H3,(H,20,24)/t12-/m0/s1. The molecule has 1 aliphatic carbocycles. The summed E-state index contributed by atoms with van der Waals surface area (Å²) in [7, 11) is 0. The minimum atomic E-state index is -0.308. The highest BCUT2D eigenvalue weighted by atomic mass is 32.2. The molecule has 0 saturated heterocycles. The number of carbonyl (C=O) groups is 1. The zero-order chi connectivity index (χ0) is 18.0. The monoisotopic (exact) mass is 362 g/mol. The predicted molar refractivity (Wildman–Crippen MR) is 96.9 cm³/mol. The molecule has 25 heavy (non-hydrogen) atoms. The van der Waals surface area contributed by atoms with Crippen LogP contribution in [0.25, 0.3) is 11.4 Å². The lowest BCUT2D eigenvalue weighted by atomic mass is 10.1. The number of nitrogens with zero attached hydrogens (tertiary/aromatic N) is 3. The zero-order valence-corrected chi connectivity index (χ0v) is 15.5. The highest BCUT2D eigenvalue weighted by Gasteiger charge is 2.31. The topological polar surface area (TPSA) is 59.8 Å². The molecule has 7 heteroatoms. The number of thioether (sulfide) groups is 1. The highest BCUT2D eigenvalue weighted by Crippen LogP contribution is 2.41. The summed E-state index contributed by atoms with van der Waals surface area (Å²) in [6, 6.07) is 7.01. The van der Waals surface area contributed by atoms with Crippen molar-refractivity contribution in [2.45, 2.75) is 50.9 Å². The summed E-state index contributed by atoms with van der Waals surface area (Å²) < 4.78 is 16.1. The van der Waals surface area contributed by atoms with Crippen molar-refractivity contribution in [2.24, 2.45) is 5.92 Å². The summed E-state index contributed by atoms with van der Waals surface area (Å²) in [4.78, 5) is 12.1. The van der Waals surface area contributed by atoms with Gasteiger partial charge >= 0.3 is 0 Å². The molecular formula is C18H23FN4OS. The Bertz CT molecular complexity index is 757. The SMILES string of the molecule is CC(C)[C@H](C)NC(=O)CSc1nnc(-c2ccccc2F)n1C1CC1. The maximum atomic E-state index is 14.1. The Balaban J connectivity index is 1.75. The lowest BCUT2D eigenvalue weighted by Crippen LogP contribution is -2.37. The number of amides is 1. The third kappa shape index (κ3) is 4.21. The summed E-state index contributed by atoms with van der Waals surface area (Å²) in [5, 5.41) is 12.1. The molecule has 2 aromatic rings. The maximum absolute atomic E-state index is 14.1. The van der Waals surface area contributed by atoms with E-state index in [9.17, 15) is 9.18 Å². The predicted octanol–water partition coefficient (Wildman–Crippen LogP) is 3.67. The van der Waals surface area contributed by atoms with Gasteiger partial charge in [-0.15, -0.1) is 10.2 Å². The van der Waals surface area contributed by atoms with Gasteiger partial charge in [0.1, 0.15) is 5.82 Å². The first-order chi connectivity index (χ1) is 12.0. The molecule has 1 atom stereocenters. The van der Waals surface area contributed by atoms with Gasteiger partial charge in [-0.25, -0.2) is 4.39 Å². The van der Waals surface area contributed by atoms with Gasteiger partial charge in [0.2, 0.25) is 5.91 Å². The van der Waals surface area contributed by atoms with E-state index in [-0.39, 0.29) is 23.5 Å². The molecule has 0 bridgehead atoms. The van der Waals surface area contributed by atoms with Gasteiger partial charge in [-0.1, -0.05) is 37.7 Å². The molecule has 0 spiro atoms. The van der Waals surface area contributed by atoms with Gasteiger partial charge in [-0.2, -0.15) is 0 Å². The Kier molecular flexibility index (Phi) is 5.42. The maximum Gasteiger partial charge on any atom is 0.230 e. The number of halogens is 1. The number of hydrogen-bond donors (Lipinski definition) is 1. The van der Waals surface area contributed by atoms with Crippen molar-refractivity contribution in [3.63, 3.8) is 0 Å². The van der Waals surface area contributed by atoms with Crippen LogP contribution in [-0.2, 0) is 4.79 Å². The van der Waals surface area contributed by atoms with Gasteiger partial charge in [0.25, 0.3) is 0 Å². The van der Waals surface area contributed by atoms with Crippen LogP contribution in [0.4, 0.5) is 4.39 Å². The molecule has 5 nitrogen and oxygen atoms in total. The number of benzene rings is 1. The van der Waals surface area contributed by atoms with Crippen LogP contribution in [0.15, 0.2) is 29.4 Å². The Labute approximate surface area is 151 Å². The lowest BCUT2D eigenvalue weighted by Gasteiger charge is -2.17. The first kappa shape index (κ1) is 17.9. The van der Waals surface area contributed by atoms with Crippen molar-refractivity contribution in [2.75, 3.05) is 5.75 Å². The minimum absolute atomic E-state index is 0.0241. The Morgan fingerprint density at radius 1 is 1.32 bits per heavy atom. The summed E-state index contributed by atoms with van der Waals surface area (Å²) in [5.41, 5.74) is 0.451. The summed E-state index contributed by atoms with van der Waals surface area (Å²) in [6.45, 7) is 6.14. The van der Waals surface area contributed by atoms with Crippen molar-refractivity contribution >= 4 is 17.7 Å². The van der Waals surface area contributed by atoms with Crippen LogP contribution in [0.2, 0.25) is 0 Å². The zero-order valence-electron chi connectivity index (χ0n) is 14.7. The Hall–Kier alpha value is -1.89. The van der Waals surface area contributed by atoms with E-state index < -0.39 is 0 Å². The Morgan fingerprint density at radius 3 is 2.68 bits per heavy atom. The van der Waals surface area contributed by atoms with Crippen LogP contribution in [0.1, 0.15) is 39.7 Å². The van der Waals surface area contributed by atoms with E-state index >= 15 is 0 Å². The van der Waals surface area contributed by atoms with Crippen LogP contribution < -0.4 is 5.32 Å². The number of nitrogens with one attached hydrogen (secondary N) is 1. The van der Waals surface area contributed by atoms with E-state index in [0.29, 0.717) is 28.5 Å². The summed E-state index contributed by atoms with van der Waals surface area (Å²) in [5.74, 6) is 0.871. The van der Waals surface area contributed by atoms with Gasteiger partial charge in [-0.3, -0.25) is 9.36 Å². The fourth-order valence-corrected chi connectivity index (χ4v) is 3.27. The number of hydrogen-bond acceptors (Lipinski definition) is 4. The van der Waals surface area contributed by atoms with E-state index in [0.717, 1.165) is 12.8 Å². The molecule has 1 amide bonds. The second kappa shape index (κ2) is 7.56. The molecule has 134 valence electrons. The number of aromatic nitrogens is 3. The molecule has 1 heterocycles. The molecule has 1 fully saturated rings. The molecule has 1 N–H and O–H groups in total. The molecule has 1 saturated carbocycles. The fourth-order valence-electron chi connectivity index (χ4n) is 2.46. The van der Waals surface area contributed by atoms with Crippen LogP contribution in [0.3, 0.4) is 0 Å². The van der Waals surface area contributed by atoms with Crippen molar-refractivity contribution in [3.8, 4) is 11.4 Å². The van der Waals surface area contributed by atoms with Crippen LogP contribution in [-0.4, -0.2) is 32.5 Å². The number of rotatable bonds is 7. The van der Waals surface area contributed by atoms with Crippen LogP contribution in [0, 0.1) is 11.7 Å². The second-order valence-electron chi connectivity index (χ2n) is 6.78. The average Bonchev–Trinajstić information content (AvgIpc) is 3.33. The van der Waals surface area contributed by atoms with E-state index in [2.05, 4.69) is 29.4 Å². The van der Waals surface area contributed by atoms with E-state index in [4.69, 9.17) is 0 Å². The van der Waals surface area contributed by atoms with Crippen molar-refractivity contribution in [1.82, 2.24) is 20.1 Å². The highest BCUT2D eigenvalue weighted by molar-refractivity contribution is 7.99. The molecular weight excluding hydrogens is 339 g/mol. The third-order valence-electron chi connectivity index (χ3n) is 4.41. The second-order valence-corrected chi connectivity index (χ2v) is 7.72. The summed E-state index contributed by atoms with van der Waals surface area (Å²) >= 11 is 1.35.